The summed E-state index contributed by atoms with van der Waals surface area (Å²) >= 11 is 0. The van der Waals surface area contributed by atoms with Crippen molar-refractivity contribution < 1.29 is 9.53 Å². The number of hydrogen-bond donors (Lipinski definition) is 2. The maximum atomic E-state index is 13.1. The maximum absolute atomic E-state index is 13.1. The van der Waals surface area contributed by atoms with E-state index in [1.165, 1.54) is 7.11 Å². The van der Waals surface area contributed by atoms with Crippen LogP contribution in [0.1, 0.15) is 16.1 Å². The third-order valence-electron chi connectivity index (χ3n) is 5.45. The predicted octanol–water partition coefficient (Wildman–Crippen LogP) is 3.01. The van der Waals surface area contributed by atoms with Crippen LogP contribution in [0.2, 0.25) is 0 Å². The number of carbonyl (C=O) groups is 1. The first kappa shape index (κ1) is 22.0. The Morgan fingerprint density at radius 3 is 2.69 bits per heavy atom. The second-order valence-electron chi connectivity index (χ2n) is 7.79. The van der Waals surface area contributed by atoms with Crippen LogP contribution < -0.4 is 15.8 Å². The van der Waals surface area contributed by atoms with Gasteiger partial charge in [0.2, 0.25) is 5.88 Å². The zero-order valence-corrected chi connectivity index (χ0v) is 19.1. The number of fused-ring (bicyclic) bond motifs is 1. The van der Waals surface area contributed by atoms with Crippen molar-refractivity contribution in [2.75, 3.05) is 12.8 Å². The molecule has 0 bridgehead atoms. The lowest BCUT2D eigenvalue weighted by molar-refractivity contribution is 0.0946. The van der Waals surface area contributed by atoms with Crippen LogP contribution in [-0.2, 0) is 13.6 Å². The number of rotatable bonds is 6. The molecule has 0 saturated heterocycles. The SMILES string of the molecule is COc1ncccc1CNC(=O)c1nc(-c2ccc3ncccc3c2)c(-c2ccn(C)n2)nc1N. The first-order valence-corrected chi connectivity index (χ1v) is 10.8. The maximum Gasteiger partial charge on any atom is 0.274 e. The highest BCUT2D eigenvalue weighted by Crippen LogP contribution is 2.31. The smallest absolute Gasteiger partial charge is 0.274 e. The van der Waals surface area contributed by atoms with Gasteiger partial charge in [-0.05, 0) is 30.3 Å². The highest BCUT2D eigenvalue weighted by molar-refractivity contribution is 5.98. The number of nitrogen functional groups attached to an aromatic ring is 1. The number of hydrogen-bond acceptors (Lipinski definition) is 8. The molecule has 4 aromatic heterocycles. The number of methoxy groups -OCH3 is 1. The molecule has 0 fully saturated rings. The largest absolute Gasteiger partial charge is 0.481 e. The lowest BCUT2D eigenvalue weighted by Crippen LogP contribution is -2.26. The van der Waals surface area contributed by atoms with Gasteiger partial charge in [-0.1, -0.05) is 18.2 Å². The van der Waals surface area contributed by atoms with Gasteiger partial charge in [0.15, 0.2) is 11.5 Å². The summed E-state index contributed by atoms with van der Waals surface area (Å²) in [6.07, 6.45) is 5.17. The van der Waals surface area contributed by atoms with E-state index in [0.29, 0.717) is 23.0 Å². The summed E-state index contributed by atoms with van der Waals surface area (Å²) in [7, 11) is 3.34. The normalized spacial score (nSPS) is 10.9. The van der Waals surface area contributed by atoms with E-state index in [9.17, 15) is 4.79 Å². The first-order chi connectivity index (χ1) is 17.0. The van der Waals surface area contributed by atoms with Crippen molar-refractivity contribution in [2.45, 2.75) is 6.54 Å². The number of anilines is 1. The molecule has 0 unspecified atom stereocenters. The third-order valence-corrected chi connectivity index (χ3v) is 5.45. The van der Waals surface area contributed by atoms with Gasteiger partial charge in [0.05, 0.1) is 18.3 Å². The van der Waals surface area contributed by atoms with Crippen LogP contribution in [0.25, 0.3) is 33.5 Å². The Hall–Kier alpha value is -4.86. The minimum Gasteiger partial charge on any atom is -0.481 e. The van der Waals surface area contributed by atoms with Gasteiger partial charge in [-0.25, -0.2) is 15.0 Å². The molecule has 0 radical (unpaired) electrons. The average Bonchev–Trinajstić information content (AvgIpc) is 3.33. The summed E-state index contributed by atoms with van der Waals surface area (Å²) in [4.78, 5) is 30.9. The molecule has 0 aliphatic rings. The van der Waals surface area contributed by atoms with Gasteiger partial charge in [0.1, 0.15) is 11.4 Å². The molecule has 1 aromatic carbocycles. The lowest BCUT2D eigenvalue weighted by Gasteiger charge is -2.13. The monoisotopic (exact) mass is 466 g/mol. The number of nitrogens with zero attached hydrogens (tertiary/aromatic N) is 6. The van der Waals surface area contributed by atoms with Crippen LogP contribution in [0, 0.1) is 0 Å². The van der Waals surface area contributed by atoms with Gasteiger partial charge in [-0.3, -0.25) is 14.5 Å². The Labute approximate surface area is 200 Å². The molecule has 0 saturated carbocycles. The second kappa shape index (κ2) is 9.18. The van der Waals surface area contributed by atoms with E-state index in [0.717, 1.165) is 22.0 Å². The third kappa shape index (κ3) is 4.36. The Morgan fingerprint density at radius 2 is 1.89 bits per heavy atom. The fourth-order valence-electron chi connectivity index (χ4n) is 3.76. The summed E-state index contributed by atoms with van der Waals surface area (Å²) in [5, 5.41) is 8.23. The molecule has 5 rings (SSSR count). The van der Waals surface area contributed by atoms with E-state index in [-0.39, 0.29) is 18.1 Å². The standard InChI is InChI=1S/C25H22N8O2/c1-33-12-9-19(32-33)21-20(16-7-8-18-15(13-16)5-3-10-27-18)30-22(23(26)31-21)24(34)29-14-17-6-4-11-28-25(17)35-2/h3-13H,14H2,1-2H3,(H2,26,31)(H,29,34). The Bertz CT molecular complexity index is 1550. The molecular weight excluding hydrogens is 444 g/mol. The number of benzene rings is 1. The fraction of sp³-hybridized carbons (Fsp3) is 0.120. The van der Waals surface area contributed by atoms with Gasteiger partial charge < -0.3 is 15.8 Å². The predicted molar refractivity (Wildman–Crippen MR) is 131 cm³/mol. The van der Waals surface area contributed by atoms with Crippen molar-refractivity contribution in [1.82, 2.24) is 35.0 Å². The Balaban J connectivity index is 1.56. The molecule has 0 aliphatic carbocycles. The summed E-state index contributed by atoms with van der Waals surface area (Å²) in [5.74, 6) is -0.0208. The molecule has 3 N–H and O–H groups in total. The number of ether oxygens (including phenoxy) is 1. The van der Waals surface area contributed by atoms with Gasteiger partial charge in [0, 0.05) is 48.7 Å². The number of pyridine rings is 2. The molecule has 174 valence electrons. The van der Waals surface area contributed by atoms with E-state index >= 15 is 0 Å². The zero-order valence-electron chi connectivity index (χ0n) is 19.1. The van der Waals surface area contributed by atoms with Crippen LogP contribution in [0.4, 0.5) is 5.82 Å². The highest BCUT2D eigenvalue weighted by atomic mass is 16.5. The van der Waals surface area contributed by atoms with Crippen molar-refractivity contribution in [2.24, 2.45) is 7.05 Å². The molecule has 10 heteroatoms. The number of aromatic nitrogens is 6. The molecule has 0 aliphatic heterocycles. The minimum atomic E-state index is -0.461. The number of carbonyl (C=O) groups excluding carboxylic acids is 1. The molecular formula is C25H22N8O2. The lowest BCUT2D eigenvalue weighted by atomic mass is 10.0. The number of aryl methyl sites for hydroxylation is 1. The van der Waals surface area contributed by atoms with Crippen molar-refractivity contribution in [3.63, 3.8) is 0 Å². The van der Waals surface area contributed by atoms with Crippen molar-refractivity contribution >= 4 is 22.6 Å². The van der Waals surface area contributed by atoms with Crippen LogP contribution in [0.15, 0.2) is 67.1 Å². The van der Waals surface area contributed by atoms with Crippen LogP contribution in [0.5, 0.6) is 5.88 Å². The molecule has 35 heavy (non-hydrogen) atoms. The number of amides is 1. The van der Waals surface area contributed by atoms with Gasteiger partial charge in [-0.2, -0.15) is 5.10 Å². The quantitative estimate of drug-likeness (QED) is 0.390. The van der Waals surface area contributed by atoms with E-state index in [1.807, 2.05) is 55.7 Å². The molecule has 10 nitrogen and oxygen atoms in total. The zero-order chi connectivity index (χ0) is 24.4. The highest BCUT2D eigenvalue weighted by Gasteiger charge is 2.21. The van der Waals surface area contributed by atoms with Crippen LogP contribution >= 0.6 is 0 Å². The van der Waals surface area contributed by atoms with Crippen molar-refractivity contribution in [3.05, 3.63) is 78.4 Å². The summed E-state index contributed by atoms with van der Waals surface area (Å²) in [6, 6.07) is 15.0. The molecule has 5 aromatic rings. The minimum absolute atomic E-state index is 0.00695. The summed E-state index contributed by atoms with van der Waals surface area (Å²) in [5.41, 5.74) is 10.1. The van der Waals surface area contributed by atoms with Crippen LogP contribution in [-0.4, -0.2) is 42.7 Å². The molecule has 0 spiro atoms. The summed E-state index contributed by atoms with van der Waals surface area (Å²) < 4.78 is 6.93. The molecule has 0 atom stereocenters. The number of nitrogens with one attached hydrogen (secondary N) is 1. The summed E-state index contributed by atoms with van der Waals surface area (Å²) in [6.45, 7) is 0.190. The Kier molecular flexibility index (Phi) is 5.76. The van der Waals surface area contributed by atoms with Gasteiger partial charge in [-0.15, -0.1) is 0 Å². The molecule has 1 amide bonds. The van der Waals surface area contributed by atoms with E-state index in [4.69, 9.17) is 10.5 Å². The van der Waals surface area contributed by atoms with Crippen LogP contribution in [0.3, 0.4) is 0 Å². The van der Waals surface area contributed by atoms with Gasteiger partial charge >= 0.3 is 0 Å². The number of nitrogens with two attached hydrogens (primary N) is 1. The van der Waals surface area contributed by atoms with Gasteiger partial charge in [0.25, 0.3) is 5.91 Å². The second-order valence-corrected chi connectivity index (χ2v) is 7.79. The van der Waals surface area contributed by atoms with E-state index < -0.39 is 5.91 Å². The Morgan fingerprint density at radius 1 is 1.06 bits per heavy atom. The first-order valence-electron chi connectivity index (χ1n) is 10.8. The average molecular weight is 467 g/mol. The van der Waals surface area contributed by atoms with Crippen molar-refractivity contribution in [3.8, 4) is 28.5 Å². The van der Waals surface area contributed by atoms with E-state index in [1.54, 1.807) is 23.1 Å². The molecule has 4 heterocycles. The topological polar surface area (TPSA) is 134 Å². The fourth-order valence-corrected chi connectivity index (χ4v) is 3.76. The van der Waals surface area contributed by atoms with Crippen molar-refractivity contribution in [1.29, 1.82) is 0 Å². The van der Waals surface area contributed by atoms with E-state index in [2.05, 4.69) is 30.4 Å².